The lowest BCUT2D eigenvalue weighted by Crippen LogP contribution is -2.35. The van der Waals surface area contributed by atoms with Gasteiger partial charge in [0.15, 0.2) is 6.10 Å². The first kappa shape index (κ1) is 17.3. The van der Waals surface area contributed by atoms with Gasteiger partial charge in [0.05, 0.1) is 19.3 Å². The Balaban J connectivity index is 1.56. The number of carbonyl (C=O) groups is 1. The van der Waals surface area contributed by atoms with Crippen LogP contribution in [0.5, 0.6) is 11.5 Å². The van der Waals surface area contributed by atoms with E-state index in [9.17, 15) is 4.79 Å². The molecule has 3 aromatic rings. The van der Waals surface area contributed by atoms with Crippen molar-refractivity contribution >= 4 is 27.5 Å². The van der Waals surface area contributed by atoms with E-state index >= 15 is 0 Å². The highest BCUT2D eigenvalue weighted by molar-refractivity contribution is 9.10. The number of pyridine rings is 1. The lowest BCUT2D eigenvalue weighted by atomic mass is 10.3. The van der Waals surface area contributed by atoms with Gasteiger partial charge in [-0.2, -0.15) is 0 Å². The number of methoxy groups -OCH3 is 1. The van der Waals surface area contributed by atoms with Crippen molar-refractivity contribution in [3.8, 4) is 11.5 Å². The lowest BCUT2D eigenvalue weighted by molar-refractivity contribution is -0.127. The number of rotatable bonds is 6. The summed E-state index contributed by atoms with van der Waals surface area (Å²) in [5, 5.41) is 2.84. The first-order chi connectivity index (χ1) is 12.0. The summed E-state index contributed by atoms with van der Waals surface area (Å²) in [6, 6.07) is 10.9. The van der Waals surface area contributed by atoms with Gasteiger partial charge in [0.2, 0.25) is 0 Å². The summed E-state index contributed by atoms with van der Waals surface area (Å²) < 4.78 is 13.6. The van der Waals surface area contributed by atoms with Crippen LogP contribution in [-0.2, 0) is 11.3 Å². The predicted octanol–water partition coefficient (Wildman–Crippen LogP) is 3.19. The molecule has 1 aromatic carbocycles. The van der Waals surface area contributed by atoms with Gasteiger partial charge in [-0.3, -0.25) is 4.79 Å². The number of hydrogen-bond donors (Lipinski definition) is 1. The Morgan fingerprint density at radius 3 is 2.64 bits per heavy atom. The Morgan fingerprint density at radius 2 is 1.92 bits per heavy atom. The smallest absolute Gasteiger partial charge is 0.261 e. The monoisotopic (exact) mass is 403 g/mol. The molecule has 25 heavy (non-hydrogen) atoms. The van der Waals surface area contributed by atoms with Gasteiger partial charge in [0.1, 0.15) is 17.1 Å². The molecule has 1 N–H and O–H groups in total. The summed E-state index contributed by atoms with van der Waals surface area (Å²) in [5.41, 5.74) is 1.61. The average molecular weight is 404 g/mol. The van der Waals surface area contributed by atoms with Crippen LogP contribution >= 0.6 is 15.9 Å². The zero-order valence-corrected chi connectivity index (χ0v) is 15.5. The maximum atomic E-state index is 12.2. The summed E-state index contributed by atoms with van der Waals surface area (Å²) in [7, 11) is 1.60. The maximum Gasteiger partial charge on any atom is 0.261 e. The van der Waals surface area contributed by atoms with Crippen molar-refractivity contribution in [2.24, 2.45) is 0 Å². The van der Waals surface area contributed by atoms with Gasteiger partial charge in [-0.15, -0.1) is 0 Å². The van der Waals surface area contributed by atoms with E-state index in [2.05, 4.69) is 26.2 Å². The molecular formula is C18H18BrN3O3. The number of carbonyl (C=O) groups excluding carboxylic acids is 1. The Bertz CT molecular complexity index is 877. The van der Waals surface area contributed by atoms with Crippen LogP contribution in [0, 0.1) is 0 Å². The third kappa shape index (κ3) is 4.30. The summed E-state index contributed by atoms with van der Waals surface area (Å²) in [5.74, 6) is 1.15. The molecule has 0 saturated heterocycles. The highest BCUT2D eigenvalue weighted by Gasteiger charge is 2.15. The number of nitrogens with zero attached hydrogens (tertiary/aromatic N) is 2. The third-order valence-electron chi connectivity index (χ3n) is 3.65. The van der Waals surface area contributed by atoms with Gasteiger partial charge in [0.25, 0.3) is 5.91 Å². The van der Waals surface area contributed by atoms with Gasteiger partial charge in [-0.25, -0.2) is 4.98 Å². The number of halogens is 1. The topological polar surface area (TPSA) is 64.9 Å². The van der Waals surface area contributed by atoms with Crippen LogP contribution in [0.1, 0.15) is 12.6 Å². The minimum absolute atomic E-state index is 0.200. The lowest BCUT2D eigenvalue weighted by Gasteiger charge is -2.14. The van der Waals surface area contributed by atoms with Crippen LogP contribution in [0.2, 0.25) is 0 Å². The van der Waals surface area contributed by atoms with E-state index in [1.54, 1.807) is 38.3 Å². The standard InChI is InChI=1S/C18H18BrN3O3/c1-12(25-16-6-4-15(24-2)5-7-16)18(23)20-9-14-11-22-10-13(19)3-8-17(22)21-14/h3-8,10-12H,9H2,1-2H3,(H,20,23). The molecule has 7 heteroatoms. The summed E-state index contributed by atoms with van der Waals surface area (Å²) >= 11 is 3.42. The number of amides is 1. The van der Waals surface area contributed by atoms with Crippen molar-refractivity contribution in [1.82, 2.24) is 14.7 Å². The van der Waals surface area contributed by atoms with Crippen molar-refractivity contribution in [2.75, 3.05) is 7.11 Å². The molecule has 0 bridgehead atoms. The second-order valence-corrected chi connectivity index (χ2v) is 6.41. The molecule has 0 saturated carbocycles. The molecular weight excluding hydrogens is 386 g/mol. The quantitative estimate of drug-likeness (QED) is 0.686. The second kappa shape index (κ2) is 7.57. The van der Waals surface area contributed by atoms with E-state index in [1.807, 2.05) is 28.9 Å². The van der Waals surface area contributed by atoms with Gasteiger partial charge in [-0.1, -0.05) is 0 Å². The summed E-state index contributed by atoms with van der Waals surface area (Å²) in [4.78, 5) is 16.7. The molecule has 0 fully saturated rings. The van der Waals surface area contributed by atoms with Gasteiger partial charge >= 0.3 is 0 Å². The highest BCUT2D eigenvalue weighted by atomic mass is 79.9. The molecule has 0 spiro atoms. The van der Waals surface area contributed by atoms with Crippen molar-refractivity contribution in [2.45, 2.75) is 19.6 Å². The third-order valence-corrected chi connectivity index (χ3v) is 4.12. The summed E-state index contributed by atoms with van der Waals surface area (Å²) in [6.07, 6.45) is 3.19. The average Bonchev–Trinajstić information content (AvgIpc) is 3.02. The molecule has 1 amide bonds. The Labute approximate surface area is 153 Å². The molecule has 0 aliphatic heterocycles. The number of hydrogen-bond acceptors (Lipinski definition) is 4. The van der Waals surface area contributed by atoms with Crippen LogP contribution in [0.15, 0.2) is 53.3 Å². The minimum Gasteiger partial charge on any atom is -0.497 e. The predicted molar refractivity (Wildman–Crippen MR) is 97.8 cm³/mol. The number of aromatic nitrogens is 2. The van der Waals surface area contributed by atoms with E-state index in [0.29, 0.717) is 12.3 Å². The van der Waals surface area contributed by atoms with E-state index in [1.165, 1.54) is 0 Å². The van der Waals surface area contributed by atoms with Crippen molar-refractivity contribution in [3.05, 3.63) is 59.0 Å². The molecule has 0 aliphatic carbocycles. The number of nitrogens with one attached hydrogen (secondary N) is 1. The van der Waals surface area contributed by atoms with Crippen LogP contribution in [0.3, 0.4) is 0 Å². The molecule has 2 aromatic heterocycles. The highest BCUT2D eigenvalue weighted by Crippen LogP contribution is 2.18. The van der Waals surface area contributed by atoms with E-state index in [-0.39, 0.29) is 5.91 Å². The fourth-order valence-corrected chi connectivity index (χ4v) is 2.69. The number of imidazole rings is 1. The first-order valence-electron chi connectivity index (χ1n) is 7.77. The van der Waals surface area contributed by atoms with Crippen LogP contribution in [0.25, 0.3) is 5.65 Å². The molecule has 1 atom stereocenters. The molecule has 2 heterocycles. The van der Waals surface area contributed by atoms with Crippen LogP contribution in [-0.4, -0.2) is 28.5 Å². The maximum absolute atomic E-state index is 12.2. The number of fused-ring (bicyclic) bond motifs is 1. The van der Waals surface area contributed by atoms with Crippen LogP contribution < -0.4 is 14.8 Å². The van der Waals surface area contributed by atoms with Crippen molar-refractivity contribution in [1.29, 1.82) is 0 Å². The SMILES string of the molecule is COc1ccc(OC(C)C(=O)NCc2cn3cc(Br)ccc3n2)cc1. The van der Waals surface area contributed by atoms with Crippen molar-refractivity contribution in [3.63, 3.8) is 0 Å². The number of benzene rings is 1. The number of ether oxygens (including phenoxy) is 2. The fourth-order valence-electron chi connectivity index (χ4n) is 2.34. The molecule has 0 aliphatic rings. The van der Waals surface area contributed by atoms with E-state index < -0.39 is 6.10 Å². The first-order valence-corrected chi connectivity index (χ1v) is 8.56. The zero-order chi connectivity index (χ0) is 17.8. The normalized spacial score (nSPS) is 12.0. The van der Waals surface area contributed by atoms with Gasteiger partial charge < -0.3 is 19.2 Å². The summed E-state index contributed by atoms with van der Waals surface area (Å²) in [6.45, 7) is 2.05. The van der Waals surface area contributed by atoms with E-state index in [4.69, 9.17) is 9.47 Å². The van der Waals surface area contributed by atoms with Gasteiger partial charge in [0, 0.05) is 16.9 Å². The Morgan fingerprint density at radius 1 is 1.20 bits per heavy atom. The second-order valence-electron chi connectivity index (χ2n) is 5.50. The Hall–Kier alpha value is -2.54. The molecule has 6 nitrogen and oxygen atoms in total. The largest absolute Gasteiger partial charge is 0.497 e. The van der Waals surface area contributed by atoms with Crippen molar-refractivity contribution < 1.29 is 14.3 Å². The minimum atomic E-state index is -0.612. The van der Waals surface area contributed by atoms with Crippen LogP contribution in [0.4, 0.5) is 0 Å². The van der Waals surface area contributed by atoms with E-state index in [0.717, 1.165) is 21.6 Å². The molecule has 130 valence electrons. The molecule has 1 unspecified atom stereocenters. The molecule has 3 rings (SSSR count). The fraction of sp³-hybridized carbons (Fsp3) is 0.222. The molecule has 0 radical (unpaired) electrons. The van der Waals surface area contributed by atoms with Gasteiger partial charge in [-0.05, 0) is 59.3 Å². The Kier molecular flexibility index (Phi) is 5.23. The zero-order valence-electron chi connectivity index (χ0n) is 13.9.